The minimum Gasteiger partial charge on any atom is -0.367 e. The molecule has 1 saturated heterocycles. The molecule has 2 N–H and O–H groups in total. The summed E-state index contributed by atoms with van der Waals surface area (Å²) < 4.78 is 5.95. The number of amides is 1. The Kier molecular flexibility index (Phi) is 6.23. The second-order valence-corrected chi connectivity index (χ2v) is 7.36. The van der Waals surface area contributed by atoms with Crippen LogP contribution in [0.4, 0.5) is 0 Å². The molecule has 2 rings (SSSR count). The Morgan fingerprint density at radius 3 is 2.67 bits per heavy atom. The highest BCUT2D eigenvalue weighted by atomic mass is 35.5. The van der Waals surface area contributed by atoms with E-state index in [2.05, 4.69) is 11.4 Å². The Hall–Kier alpha value is -0.620. The van der Waals surface area contributed by atoms with Crippen LogP contribution < -0.4 is 5.73 Å². The SMILES string of the molecule is CC1CN(C(=O)[C@@H](N)C(C)(C)C)CC(c2ccsc2)O1.Cl. The zero-order valence-electron chi connectivity index (χ0n) is 13.0. The van der Waals surface area contributed by atoms with Crippen molar-refractivity contribution in [3.8, 4) is 0 Å². The summed E-state index contributed by atoms with van der Waals surface area (Å²) in [6.45, 7) is 9.19. The lowest BCUT2D eigenvalue weighted by Gasteiger charge is -2.39. The Morgan fingerprint density at radius 1 is 1.48 bits per heavy atom. The minimum atomic E-state index is -0.476. The van der Waals surface area contributed by atoms with Gasteiger partial charge in [0.1, 0.15) is 6.10 Å². The Labute approximate surface area is 137 Å². The van der Waals surface area contributed by atoms with Crippen LogP contribution in [0.15, 0.2) is 16.8 Å². The molecule has 0 spiro atoms. The molecule has 0 aromatic carbocycles. The third-order valence-corrected chi connectivity index (χ3v) is 4.39. The van der Waals surface area contributed by atoms with Gasteiger partial charge in [-0.05, 0) is 34.7 Å². The number of halogens is 1. The van der Waals surface area contributed by atoms with Crippen molar-refractivity contribution < 1.29 is 9.53 Å². The molecule has 1 aromatic rings. The fourth-order valence-corrected chi connectivity index (χ4v) is 3.04. The molecule has 0 radical (unpaired) electrons. The van der Waals surface area contributed by atoms with Gasteiger partial charge >= 0.3 is 0 Å². The van der Waals surface area contributed by atoms with Crippen molar-refractivity contribution in [3.63, 3.8) is 0 Å². The molecule has 6 heteroatoms. The first-order chi connectivity index (χ1) is 9.29. The summed E-state index contributed by atoms with van der Waals surface area (Å²) in [4.78, 5) is 14.4. The summed E-state index contributed by atoms with van der Waals surface area (Å²) in [6, 6.07) is 1.58. The number of hydrogen-bond acceptors (Lipinski definition) is 4. The Bertz CT molecular complexity index is 459. The monoisotopic (exact) mass is 332 g/mol. The van der Waals surface area contributed by atoms with E-state index in [1.165, 1.54) is 0 Å². The summed E-state index contributed by atoms with van der Waals surface area (Å²) in [5.41, 5.74) is 7.02. The molecule has 0 aliphatic carbocycles. The molecule has 0 saturated carbocycles. The number of nitrogens with zero attached hydrogens (tertiary/aromatic N) is 1. The second-order valence-electron chi connectivity index (χ2n) is 6.58. The maximum absolute atomic E-state index is 12.6. The molecule has 1 fully saturated rings. The van der Waals surface area contributed by atoms with Crippen LogP contribution in [0.5, 0.6) is 0 Å². The van der Waals surface area contributed by atoms with E-state index in [1.807, 2.05) is 38.0 Å². The topological polar surface area (TPSA) is 55.6 Å². The lowest BCUT2D eigenvalue weighted by atomic mass is 9.86. The van der Waals surface area contributed by atoms with E-state index in [4.69, 9.17) is 10.5 Å². The van der Waals surface area contributed by atoms with Crippen molar-refractivity contribution in [2.75, 3.05) is 13.1 Å². The van der Waals surface area contributed by atoms with E-state index < -0.39 is 6.04 Å². The lowest BCUT2D eigenvalue weighted by Crippen LogP contribution is -2.55. The molecule has 21 heavy (non-hydrogen) atoms. The van der Waals surface area contributed by atoms with Crippen molar-refractivity contribution in [2.24, 2.45) is 11.1 Å². The third kappa shape index (κ3) is 4.42. The smallest absolute Gasteiger partial charge is 0.240 e. The van der Waals surface area contributed by atoms with Gasteiger partial charge in [-0.2, -0.15) is 11.3 Å². The fraction of sp³-hybridized carbons (Fsp3) is 0.667. The van der Waals surface area contributed by atoms with E-state index in [9.17, 15) is 4.79 Å². The van der Waals surface area contributed by atoms with Crippen LogP contribution in [0.25, 0.3) is 0 Å². The van der Waals surface area contributed by atoms with Crippen molar-refractivity contribution in [2.45, 2.75) is 45.9 Å². The van der Waals surface area contributed by atoms with E-state index in [0.717, 1.165) is 5.56 Å². The molecule has 3 atom stereocenters. The van der Waals surface area contributed by atoms with Gasteiger partial charge in [0, 0.05) is 6.54 Å². The first-order valence-electron chi connectivity index (χ1n) is 7.01. The summed E-state index contributed by atoms with van der Waals surface area (Å²) in [7, 11) is 0. The number of carbonyl (C=O) groups is 1. The lowest BCUT2D eigenvalue weighted by molar-refractivity contribution is -0.148. The van der Waals surface area contributed by atoms with Crippen LogP contribution in [-0.4, -0.2) is 36.0 Å². The van der Waals surface area contributed by atoms with Gasteiger partial charge in [-0.15, -0.1) is 12.4 Å². The number of morpholine rings is 1. The maximum atomic E-state index is 12.6. The Morgan fingerprint density at radius 2 is 2.14 bits per heavy atom. The van der Waals surface area contributed by atoms with Crippen molar-refractivity contribution in [3.05, 3.63) is 22.4 Å². The maximum Gasteiger partial charge on any atom is 0.240 e. The van der Waals surface area contributed by atoms with E-state index in [0.29, 0.717) is 13.1 Å². The van der Waals surface area contributed by atoms with Crippen molar-refractivity contribution in [1.82, 2.24) is 4.90 Å². The normalized spacial score (nSPS) is 24.3. The van der Waals surface area contributed by atoms with Crippen LogP contribution in [0, 0.1) is 5.41 Å². The molecule has 2 heterocycles. The van der Waals surface area contributed by atoms with Gasteiger partial charge < -0.3 is 15.4 Å². The molecule has 1 aromatic heterocycles. The molecular formula is C15H25ClN2O2S. The molecule has 0 bridgehead atoms. The standard InChI is InChI=1S/C15H24N2O2S.ClH/c1-10-7-17(14(18)13(16)15(2,3)4)8-12(19-10)11-5-6-20-9-11;/h5-6,9-10,12-13H,7-8,16H2,1-4H3;1H/t10?,12?,13-;/m1./s1. The first-order valence-corrected chi connectivity index (χ1v) is 7.95. The van der Waals surface area contributed by atoms with Gasteiger partial charge in [-0.3, -0.25) is 4.79 Å². The van der Waals surface area contributed by atoms with Gasteiger partial charge in [0.15, 0.2) is 0 Å². The summed E-state index contributed by atoms with van der Waals surface area (Å²) in [5, 5.41) is 4.11. The van der Waals surface area contributed by atoms with Crippen molar-refractivity contribution >= 4 is 29.7 Å². The van der Waals surface area contributed by atoms with Crippen LogP contribution in [0.3, 0.4) is 0 Å². The molecule has 120 valence electrons. The van der Waals surface area contributed by atoms with Gasteiger partial charge in [0.25, 0.3) is 0 Å². The van der Waals surface area contributed by atoms with E-state index in [-0.39, 0.29) is 35.9 Å². The highest BCUT2D eigenvalue weighted by molar-refractivity contribution is 7.07. The highest BCUT2D eigenvalue weighted by Gasteiger charge is 2.35. The predicted molar refractivity (Wildman–Crippen MR) is 88.9 cm³/mol. The predicted octanol–water partition coefficient (Wildman–Crippen LogP) is 2.83. The van der Waals surface area contributed by atoms with Gasteiger partial charge in [0.05, 0.1) is 18.7 Å². The van der Waals surface area contributed by atoms with Crippen LogP contribution in [0.2, 0.25) is 0 Å². The number of ether oxygens (including phenoxy) is 1. The zero-order chi connectivity index (χ0) is 14.9. The highest BCUT2D eigenvalue weighted by Crippen LogP contribution is 2.28. The number of hydrogen-bond donors (Lipinski definition) is 1. The number of carbonyl (C=O) groups excluding carboxylic acids is 1. The molecular weight excluding hydrogens is 308 g/mol. The van der Waals surface area contributed by atoms with E-state index >= 15 is 0 Å². The third-order valence-electron chi connectivity index (χ3n) is 3.69. The van der Waals surface area contributed by atoms with E-state index in [1.54, 1.807) is 11.3 Å². The second kappa shape index (κ2) is 7.09. The largest absolute Gasteiger partial charge is 0.367 e. The quantitative estimate of drug-likeness (QED) is 0.906. The summed E-state index contributed by atoms with van der Waals surface area (Å²) in [5.74, 6) is 0.0212. The molecule has 4 nitrogen and oxygen atoms in total. The molecule has 1 aliphatic rings. The van der Waals surface area contributed by atoms with Crippen molar-refractivity contribution in [1.29, 1.82) is 0 Å². The van der Waals surface area contributed by atoms with Crippen LogP contribution >= 0.6 is 23.7 Å². The summed E-state index contributed by atoms with van der Waals surface area (Å²) >= 11 is 1.65. The number of thiophene rings is 1. The Balaban J connectivity index is 0.00000220. The minimum absolute atomic E-state index is 0. The average Bonchev–Trinajstić information content (AvgIpc) is 2.89. The molecule has 1 amide bonds. The number of nitrogens with two attached hydrogens (primary N) is 1. The van der Waals surface area contributed by atoms with Gasteiger partial charge in [0.2, 0.25) is 5.91 Å². The van der Waals surface area contributed by atoms with Gasteiger partial charge in [-0.25, -0.2) is 0 Å². The fourth-order valence-electron chi connectivity index (χ4n) is 2.34. The zero-order valence-corrected chi connectivity index (χ0v) is 14.7. The molecule has 2 unspecified atom stereocenters. The van der Waals surface area contributed by atoms with Gasteiger partial charge in [-0.1, -0.05) is 20.8 Å². The average molecular weight is 333 g/mol. The number of rotatable bonds is 2. The first kappa shape index (κ1) is 18.4. The molecule has 1 aliphatic heterocycles. The van der Waals surface area contributed by atoms with Crippen LogP contribution in [0.1, 0.15) is 39.4 Å². The van der Waals surface area contributed by atoms with Crippen LogP contribution in [-0.2, 0) is 9.53 Å². The summed E-state index contributed by atoms with van der Waals surface area (Å²) in [6.07, 6.45) is -0.00844.